The van der Waals surface area contributed by atoms with Crippen LogP contribution in [-0.4, -0.2) is 23.4 Å². The summed E-state index contributed by atoms with van der Waals surface area (Å²) in [4.78, 5) is 36.2. The number of hydrogen-bond acceptors (Lipinski definition) is 3. The van der Waals surface area contributed by atoms with E-state index in [2.05, 4.69) is 50.7 Å². The predicted molar refractivity (Wildman–Crippen MR) is 113 cm³/mol. The zero-order chi connectivity index (χ0) is 19.7. The lowest BCUT2D eigenvalue weighted by molar-refractivity contribution is -0.124. The molecule has 0 radical (unpaired) electrons. The van der Waals surface area contributed by atoms with Crippen LogP contribution in [0, 0.1) is 0 Å². The van der Waals surface area contributed by atoms with E-state index in [0.29, 0.717) is 31.4 Å². The first-order valence-corrected chi connectivity index (χ1v) is 10.7. The molecule has 1 unspecified atom stereocenters. The van der Waals surface area contributed by atoms with Gasteiger partial charge in [-0.3, -0.25) is 14.9 Å². The average molecular weight is 489 g/mol. The third-order valence-electron chi connectivity index (χ3n) is 5.40. The topological polar surface area (TPSA) is 87.3 Å². The minimum Gasteiger partial charge on any atom is -0.348 e. The molecule has 0 saturated carbocycles. The highest BCUT2D eigenvalue weighted by molar-refractivity contribution is 14.1. The van der Waals surface area contributed by atoms with Crippen LogP contribution in [0.5, 0.6) is 0 Å². The molecule has 6 nitrogen and oxygen atoms in total. The van der Waals surface area contributed by atoms with Gasteiger partial charge < -0.3 is 10.6 Å². The van der Waals surface area contributed by atoms with E-state index in [-0.39, 0.29) is 11.8 Å². The van der Waals surface area contributed by atoms with Crippen LogP contribution in [0.4, 0.5) is 4.79 Å². The number of nitrogens with one attached hydrogen (secondary N) is 3. The van der Waals surface area contributed by atoms with Crippen molar-refractivity contribution in [3.63, 3.8) is 0 Å². The molecule has 28 heavy (non-hydrogen) atoms. The maximum atomic E-state index is 12.6. The molecule has 144 valence electrons. The lowest BCUT2D eigenvalue weighted by atomic mass is 9.77. The van der Waals surface area contributed by atoms with E-state index >= 15 is 0 Å². The van der Waals surface area contributed by atoms with E-state index in [1.165, 1.54) is 5.56 Å². The van der Waals surface area contributed by atoms with E-state index < -0.39 is 11.6 Å². The summed E-state index contributed by atoms with van der Waals surface area (Å²) in [6, 6.07) is 13.3. The Morgan fingerprint density at radius 3 is 2.68 bits per heavy atom. The lowest BCUT2D eigenvalue weighted by Crippen LogP contribution is -2.51. The van der Waals surface area contributed by atoms with Gasteiger partial charge in [0.25, 0.3) is 11.8 Å². The van der Waals surface area contributed by atoms with Crippen molar-refractivity contribution in [1.82, 2.24) is 16.0 Å². The summed E-state index contributed by atoms with van der Waals surface area (Å²) in [5.74, 6) is -0.381. The third kappa shape index (κ3) is 3.63. The van der Waals surface area contributed by atoms with Crippen LogP contribution in [0.1, 0.15) is 39.0 Å². The molecule has 1 fully saturated rings. The molecule has 7 heteroatoms. The van der Waals surface area contributed by atoms with E-state index in [0.717, 1.165) is 21.1 Å². The predicted octanol–water partition coefficient (Wildman–Crippen LogP) is 2.62. The summed E-state index contributed by atoms with van der Waals surface area (Å²) >= 11 is 2.32. The van der Waals surface area contributed by atoms with Crippen molar-refractivity contribution in [2.45, 2.75) is 35.8 Å². The minimum atomic E-state index is -0.850. The van der Waals surface area contributed by atoms with Gasteiger partial charge in [-0.05, 0) is 47.2 Å². The number of fused-ring (bicyclic) bond motifs is 1. The van der Waals surface area contributed by atoms with E-state index in [1.807, 2.05) is 24.3 Å². The summed E-state index contributed by atoms with van der Waals surface area (Å²) in [5.41, 5.74) is 4.12. The number of imide groups is 1. The first-order valence-electron chi connectivity index (χ1n) is 9.16. The quantitative estimate of drug-likeness (QED) is 0.351. The van der Waals surface area contributed by atoms with Gasteiger partial charge in [-0.2, -0.15) is 0 Å². The molecule has 1 heterocycles. The first kappa shape index (κ1) is 18.9. The van der Waals surface area contributed by atoms with Crippen LogP contribution < -0.4 is 16.0 Å². The van der Waals surface area contributed by atoms with Crippen LogP contribution in [0.25, 0.3) is 0 Å². The normalized spacial score (nSPS) is 20.5. The molecule has 1 saturated heterocycles. The monoisotopic (exact) mass is 489 g/mol. The number of aryl methyl sites for hydroxylation is 1. The second kappa shape index (κ2) is 7.54. The smallest absolute Gasteiger partial charge is 0.322 e. The number of alkyl halides is 1. The fraction of sp³-hybridized carbons (Fsp3) is 0.286. The van der Waals surface area contributed by atoms with Crippen LogP contribution in [-0.2, 0) is 28.6 Å². The van der Waals surface area contributed by atoms with E-state index in [1.54, 1.807) is 6.07 Å². The summed E-state index contributed by atoms with van der Waals surface area (Å²) in [6.07, 6.45) is 1.62. The molecule has 2 aromatic rings. The van der Waals surface area contributed by atoms with Crippen molar-refractivity contribution < 1.29 is 14.4 Å². The summed E-state index contributed by atoms with van der Waals surface area (Å²) in [6.45, 7) is 0.482. The number of rotatable bonds is 4. The molecule has 4 amide bonds. The highest BCUT2D eigenvalue weighted by Gasteiger charge is 2.47. The number of benzene rings is 2. The van der Waals surface area contributed by atoms with Gasteiger partial charge in [-0.1, -0.05) is 52.9 Å². The molecule has 1 atom stereocenters. The van der Waals surface area contributed by atoms with Gasteiger partial charge in [0, 0.05) is 23.0 Å². The number of carbonyl (C=O) groups excluding carboxylic acids is 3. The fourth-order valence-corrected chi connectivity index (χ4v) is 4.34. The summed E-state index contributed by atoms with van der Waals surface area (Å²) in [5, 5.41) is 8.06. The molecule has 1 aliphatic heterocycles. The van der Waals surface area contributed by atoms with Crippen molar-refractivity contribution in [3.05, 3.63) is 70.3 Å². The highest BCUT2D eigenvalue weighted by atomic mass is 127. The van der Waals surface area contributed by atoms with Gasteiger partial charge in [0.05, 0.1) is 0 Å². The molecule has 3 N–H and O–H groups in total. The van der Waals surface area contributed by atoms with Gasteiger partial charge in [-0.15, -0.1) is 0 Å². The number of amides is 4. The Morgan fingerprint density at radius 1 is 1.11 bits per heavy atom. The Kier molecular flexibility index (Phi) is 5.09. The maximum absolute atomic E-state index is 12.6. The molecule has 1 aliphatic carbocycles. The van der Waals surface area contributed by atoms with Crippen molar-refractivity contribution in [2.24, 2.45) is 0 Å². The van der Waals surface area contributed by atoms with Crippen molar-refractivity contribution >= 4 is 40.4 Å². The number of hydrogen-bond donors (Lipinski definition) is 3. The Hall–Kier alpha value is -2.42. The fourth-order valence-electron chi connectivity index (χ4n) is 3.87. The minimum absolute atomic E-state index is 0.116. The number of carbonyl (C=O) groups is 3. The average Bonchev–Trinajstić information content (AvgIpc) is 2.98. The Balaban J connectivity index is 1.45. The molecule has 2 aliphatic rings. The van der Waals surface area contributed by atoms with Crippen LogP contribution in [0.2, 0.25) is 0 Å². The second-order valence-electron chi connectivity index (χ2n) is 7.29. The largest absolute Gasteiger partial charge is 0.348 e. The molecular weight excluding hydrogens is 469 g/mol. The highest BCUT2D eigenvalue weighted by Crippen LogP contribution is 2.31. The molecule has 0 bridgehead atoms. The van der Waals surface area contributed by atoms with Gasteiger partial charge in [0.1, 0.15) is 5.54 Å². The SMILES string of the molecule is O=C1NC(=O)C2(CCc3cc(C(=O)NCc4cccc(CI)c4)ccc3C2)N1. The summed E-state index contributed by atoms with van der Waals surface area (Å²) in [7, 11) is 0. The van der Waals surface area contributed by atoms with Gasteiger partial charge >= 0.3 is 6.03 Å². The van der Waals surface area contributed by atoms with Crippen molar-refractivity contribution in [1.29, 1.82) is 0 Å². The first-order chi connectivity index (χ1) is 13.5. The van der Waals surface area contributed by atoms with E-state index in [9.17, 15) is 14.4 Å². The third-order valence-corrected chi connectivity index (χ3v) is 6.28. The van der Waals surface area contributed by atoms with Crippen molar-refractivity contribution in [2.75, 3.05) is 0 Å². The van der Waals surface area contributed by atoms with Gasteiger partial charge in [0.2, 0.25) is 0 Å². The zero-order valence-electron chi connectivity index (χ0n) is 15.2. The lowest BCUT2D eigenvalue weighted by Gasteiger charge is -2.32. The molecule has 0 aromatic heterocycles. The standard InChI is InChI=1S/C21H20IN3O3/c22-11-13-2-1-3-14(8-13)12-23-18(26)16-4-5-17-10-21(7-6-15(17)9-16)19(27)24-20(28)25-21/h1-5,8-9H,6-7,10-12H2,(H,23,26)(H2,24,25,27,28). The molecule has 2 aromatic carbocycles. The molecular formula is C21H20IN3O3. The van der Waals surface area contributed by atoms with Crippen molar-refractivity contribution in [3.8, 4) is 0 Å². The summed E-state index contributed by atoms with van der Waals surface area (Å²) < 4.78 is 0.935. The maximum Gasteiger partial charge on any atom is 0.322 e. The molecule has 1 spiro atoms. The van der Waals surface area contributed by atoms with Gasteiger partial charge in [-0.25, -0.2) is 4.79 Å². The molecule has 4 rings (SSSR count). The van der Waals surface area contributed by atoms with Crippen LogP contribution in [0.3, 0.4) is 0 Å². The second-order valence-corrected chi connectivity index (χ2v) is 8.05. The Morgan fingerprint density at radius 2 is 1.93 bits per heavy atom. The van der Waals surface area contributed by atoms with E-state index in [4.69, 9.17) is 0 Å². The van der Waals surface area contributed by atoms with Gasteiger partial charge in [0.15, 0.2) is 0 Å². The van der Waals surface area contributed by atoms with Crippen LogP contribution >= 0.6 is 22.6 Å². The Bertz CT molecular complexity index is 975. The Labute approximate surface area is 176 Å². The number of halogens is 1. The van der Waals surface area contributed by atoms with Crippen LogP contribution in [0.15, 0.2) is 42.5 Å². The number of urea groups is 1. The zero-order valence-corrected chi connectivity index (χ0v) is 17.3.